The highest BCUT2D eigenvalue weighted by atomic mass is 35.5. The largest absolute Gasteiger partial charge is 0.364 e. The second-order valence-corrected chi connectivity index (χ2v) is 4.30. The summed E-state index contributed by atoms with van der Waals surface area (Å²) in [5.74, 6) is -0.623. The van der Waals surface area contributed by atoms with Gasteiger partial charge in [-0.3, -0.25) is 4.79 Å². The third-order valence-corrected chi connectivity index (χ3v) is 2.66. The van der Waals surface area contributed by atoms with E-state index in [1.165, 1.54) is 4.68 Å². The Morgan fingerprint density at radius 1 is 1.29 bits per heavy atom. The maximum atomic E-state index is 11.1. The van der Waals surface area contributed by atoms with Crippen LogP contribution >= 0.6 is 23.2 Å². The number of rotatable bonds is 2. The summed E-state index contributed by atoms with van der Waals surface area (Å²) in [4.78, 5) is 11.1. The first-order valence-electron chi connectivity index (χ1n) is 4.67. The van der Waals surface area contributed by atoms with E-state index < -0.39 is 5.91 Å². The van der Waals surface area contributed by atoms with Crippen LogP contribution in [0.4, 0.5) is 0 Å². The highest BCUT2D eigenvalue weighted by Crippen LogP contribution is 2.22. The van der Waals surface area contributed by atoms with Gasteiger partial charge in [0.1, 0.15) is 0 Å². The van der Waals surface area contributed by atoms with Gasteiger partial charge in [-0.25, -0.2) is 4.68 Å². The van der Waals surface area contributed by atoms with Gasteiger partial charge in [-0.1, -0.05) is 28.4 Å². The molecule has 5 nitrogen and oxygen atoms in total. The molecule has 0 atom stereocenters. The average molecular weight is 271 g/mol. The van der Waals surface area contributed by atoms with Gasteiger partial charge in [0.05, 0.1) is 11.4 Å². The molecule has 1 aromatic carbocycles. The predicted octanol–water partition coefficient (Wildman–Crippen LogP) is 1.98. The van der Waals surface area contributed by atoms with Crippen molar-refractivity contribution in [3.05, 3.63) is 39.6 Å². The Balaban J connectivity index is 2.57. The first kappa shape index (κ1) is 11.9. The number of primary amides is 1. The molecule has 1 amide bonds. The number of halogens is 2. The van der Waals surface area contributed by atoms with Crippen LogP contribution in [-0.4, -0.2) is 20.9 Å². The van der Waals surface area contributed by atoms with Crippen molar-refractivity contribution in [3.63, 3.8) is 0 Å². The third-order valence-electron chi connectivity index (χ3n) is 2.22. The second-order valence-electron chi connectivity index (χ2n) is 3.43. The number of hydrogen-bond acceptors (Lipinski definition) is 3. The minimum atomic E-state index is -0.623. The van der Waals surface area contributed by atoms with Gasteiger partial charge in [-0.15, -0.1) is 5.10 Å². The number of benzene rings is 1. The first-order chi connectivity index (χ1) is 7.99. The van der Waals surface area contributed by atoms with E-state index in [1.54, 1.807) is 25.1 Å². The number of amides is 1. The molecule has 1 heterocycles. The summed E-state index contributed by atoms with van der Waals surface area (Å²) < 4.78 is 1.46. The molecule has 0 aliphatic rings. The van der Waals surface area contributed by atoms with Gasteiger partial charge in [-0.05, 0) is 25.1 Å². The molecular weight excluding hydrogens is 263 g/mol. The summed E-state index contributed by atoms with van der Waals surface area (Å²) in [6.45, 7) is 1.69. The van der Waals surface area contributed by atoms with Gasteiger partial charge < -0.3 is 5.73 Å². The van der Waals surface area contributed by atoms with E-state index in [0.29, 0.717) is 21.4 Å². The van der Waals surface area contributed by atoms with E-state index in [4.69, 9.17) is 28.9 Å². The molecule has 0 fully saturated rings. The SMILES string of the molecule is Cc1c(C(N)=O)nnn1-c1cc(Cl)cc(Cl)c1. The lowest BCUT2D eigenvalue weighted by molar-refractivity contribution is 0.0995. The average Bonchev–Trinajstić information content (AvgIpc) is 2.58. The Labute approximate surface area is 107 Å². The molecule has 0 aliphatic heterocycles. The zero-order chi connectivity index (χ0) is 12.6. The van der Waals surface area contributed by atoms with Crippen LogP contribution in [0.25, 0.3) is 5.69 Å². The molecular formula is C10H8Cl2N4O. The molecule has 0 bridgehead atoms. The van der Waals surface area contributed by atoms with Crippen molar-refractivity contribution in [2.75, 3.05) is 0 Å². The van der Waals surface area contributed by atoms with Gasteiger partial charge in [0, 0.05) is 10.0 Å². The molecule has 2 aromatic rings. The van der Waals surface area contributed by atoms with Crippen molar-refractivity contribution in [1.29, 1.82) is 0 Å². The topological polar surface area (TPSA) is 73.8 Å². The minimum absolute atomic E-state index is 0.126. The van der Waals surface area contributed by atoms with Crippen molar-refractivity contribution in [3.8, 4) is 5.69 Å². The Morgan fingerprint density at radius 2 is 1.88 bits per heavy atom. The van der Waals surface area contributed by atoms with Crippen LogP contribution in [0, 0.1) is 6.92 Å². The number of nitrogens with two attached hydrogens (primary N) is 1. The fraction of sp³-hybridized carbons (Fsp3) is 0.100. The lowest BCUT2D eigenvalue weighted by atomic mass is 10.3. The predicted molar refractivity (Wildman–Crippen MR) is 64.6 cm³/mol. The number of nitrogens with zero attached hydrogens (tertiary/aromatic N) is 3. The van der Waals surface area contributed by atoms with Crippen LogP contribution in [0.3, 0.4) is 0 Å². The van der Waals surface area contributed by atoms with Crippen molar-refractivity contribution < 1.29 is 4.79 Å². The van der Waals surface area contributed by atoms with Crippen molar-refractivity contribution >= 4 is 29.1 Å². The van der Waals surface area contributed by atoms with Gasteiger partial charge in [-0.2, -0.15) is 0 Å². The zero-order valence-electron chi connectivity index (χ0n) is 8.82. The Hall–Kier alpha value is -1.59. The first-order valence-corrected chi connectivity index (χ1v) is 5.43. The Morgan fingerprint density at radius 3 is 2.35 bits per heavy atom. The third kappa shape index (κ3) is 2.25. The quantitative estimate of drug-likeness (QED) is 0.907. The van der Waals surface area contributed by atoms with Crippen LogP contribution in [-0.2, 0) is 0 Å². The van der Waals surface area contributed by atoms with E-state index in [0.717, 1.165) is 0 Å². The minimum Gasteiger partial charge on any atom is -0.364 e. The number of carbonyl (C=O) groups excluding carboxylic acids is 1. The maximum Gasteiger partial charge on any atom is 0.271 e. The van der Waals surface area contributed by atoms with E-state index >= 15 is 0 Å². The molecule has 0 saturated carbocycles. The summed E-state index contributed by atoms with van der Waals surface area (Å²) in [7, 11) is 0. The number of aromatic nitrogens is 3. The summed E-state index contributed by atoms with van der Waals surface area (Å²) in [5.41, 5.74) is 6.45. The summed E-state index contributed by atoms with van der Waals surface area (Å²) in [6.07, 6.45) is 0. The van der Waals surface area contributed by atoms with Crippen molar-refractivity contribution in [2.45, 2.75) is 6.92 Å². The van der Waals surface area contributed by atoms with Gasteiger partial charge in [0.25, 0.3) is 5.91 Å². The lowest BCUT2D eigenvalue weighted by Crippen LogP contribution is -2.13. The molecule has 0 aliphatic carbocycles. The van der Waals surface area contributed by atoms with Crippen LogP contribution in [0.5, 0.6) is 0 Å². The standard InChI is InChI=1S/C10H8Cl2N4O/c1-5-9(10(13)17)14-15-16(5)8-3-6(11)2-7(12)4-8/h2-4H,1H3,(H2,13,17). The van der Waals surface area contributed by atoms with Crippen LogP contribution < -0.4 is 5.73 Å². The van der Waals surface area contributed by atoms with Gasteiger partial charge >= 0.3 is 0 Å². The molecule has 7 heteroatoms. The van der Waals surface area contributed by atoms with Crippen LogP contribution in [0.2, 0.25) is 10.0 Å². The molecule has 0 unspecified atom stereocenters. The molecule has 1 aromatic heterocycles. The number of carbonyl (C=O) groups is 1. The van der Waals surface area contributed by atoms with Crippen LogP contribution in [0.15, 0.2) is 18.2 Å². The Kier molecular flexibility index (Phi) is 3.04. The maximum absolute atomic E-state index is 11.1. The second kappa shape index (κ2) is 4.35. The van der Waals surface area contributed by atoms with E-state index in [-0.39, 0.29) is 5.69 Å². The van der Waals surface area contributed by atoms with E-state index in [9.17, 15) is 4.79 Å². The molecule has 88 valence electrons. The van der Waals surface area contributed by atoms with Crippen LogP contribution in [0.1, 0.15) is 16.2 Å². The molecule has 2 rings (SSSR count). The van der Waals surface area contributed by atoms with E-state index in [1.807, 2.05) is 0 Å². The van der Waals surface area contributed by atoms with Crippen molar-refractivity contribution in [1.82, 2.24) is 15.0 Å². The fourth-order valence-electron chi connectivity index (χ4n) is 1.46. The summed E-state index contributed by atoms with van der Waals surface area (Å²) >= 11 is 11.8. The molecule has 2 N–H and O–H groups in total. The molecule has 17 heavy (non-hydrogen) atoms. The van der Waals surface area contributed by atoms with Gasteiger partial charge in [0.15, 0.2) is 5.69 Å². The summed E-state index contributed by atoms with van der Waals surface area (Å²) in [6, 6.07) is 4.94. The monoisotopic (exact) mass is 270 g/mol. The fourth-order valence-corrected chi connectivity index (χ4v) is 1.98. The zero-order valence-corrected chi connectivity index (χ0v) is 10.3. The smallest absolute Gasteiger partial charge is 0.271 e. The van der Waals surface area contributed by atoms with Gasteiger partial charge in [0.2, 0.25) is 0 Å². The Bertz CT molecular complexity index is 574. The van der Waals surface area contributed by atoms with Crippen molar-refractivity contribution in [2.24, 2.45) is 5.73 Å². The summed E-state index contributed by atoms with van der Waals surface area (Å²) in [5, 5.41) is 8.49. The number of hydrogen-bond donors (Lipinski definition) is 1. The van der Waals surface area contributed by atoms with E-state index in [2.05, 4.69) is 10.3 Å². The highest BCUT2D eigenvalue weighted by Gasteiger charge is 2.14. The highest BCUT2D eigenvalue weighted by molar-refractivity contribution is 6.34. The lowest BCUT2D eigenvalue weighted by Gasteiger charge is -2.04. The molecule has 0 spiro atoms. The normalized spacial score (nSPS) is 10.5. The molecule has 0 saturated heterocycles. The molecule has 0 radical (unpaired) electrons.